The van der Waals surface area contributed by atoms with Crippen LogP contribution in [0.15, 0.2) is 36.4 Å². The summed E-state index contributed by atoms with van der Waals surface area (Å²) in [5, 5.41) is 11.7. The summed E-state index contributed by atoms with van der Waals surface area (Å²) in [5.41, 5.74) is 1.60. The molecule has 0 aliphatic carbocycles. The topological polar surface area (TPSA) is 145 Å². The molecule has 1 fully saturated rings. The lowest BCUT2D eigenvalue weighted by Gasteiger charge is -2.26. The van der Waals surface area contributed by atoms with E-state index in [-0.39, 0.29) is 30.0 Å². The SMILES string of the molecule is CCOC(=O)c1[nH]c(C)c(/C(O)=C2\C(=O)C(=O)N(CCCn3ccnc3)[C@@H]2c2cc(OC)c(OC)c(OC)c2)c1C. The largest absolute Gasteiger partial charge is 0.507 e. The Labute approximate surface area is 237 Å². The predicted molar refractivity (Wildman–Crippen MR) is 148 cm³/mol. The summed E-state index contributed by atoms with van der Waals surface area (Å²) < 4.78 is 23.5. The first-order valence-electron chi connectivity index (χ1n) is 13.1. The highest BCUT2D eigenvalue weighted by Crippen LogP contribution is 2.46. The Hall–Kier alpha value is -4.74. The number of Topliss-reactive ketones (excluding diaryl/α,β-unsaturated/α-hetero) is 1. The van der Waals surface area contributed by atoms with Crippen LogP contribution < -0.4 is 14.2 Å². The van der Waals surface area contributed by atoms with Crippen LogP contribution in [0.3, 0.4) is 0 Å². The lowest BCUT2D eigenvalue weighted by atomic mass is 9.93. The molecule has 218 valence electrons. The number of ketones is 1. The zero-order valence-corrected chi connectivity index (χ0v) is 23.9. The number of ether oxygens (including phenoxy) is 4. The highest BCUT2D eigenvalue weighted by molar-refractivity contribution is 6.46. The summed E-state index contributed by atoms with van der Waals surface area (Å²) in [4.78, 5) is 48.0. The number of aryl methyl sites for hydroxylation is 2. The van der Waals surface area contributed by atoms with Crippen molar-refractivity contribution in [2.24, 2.45) is 0 Å². The number of carbonyl (C=O) groups excluding carboxylic acids is 3. The monoisotopic (exact) mass is 566 g/mol. The minimum atomic E-state index is -0.980. The number of rotatable bonds is 11. The lowest BCUT2D eigenvalue weighted by Crippen LogP contribution is -2.31. The van der Waals surface area contributed by atoms with Crippen molar-refractivity contribution in [2.45, 2.75) is 39.8 Å². The first-order valence-corrected chi connectivity index (χ1v) is 13.1. The van der Waals surface area contributed by atoms with Gasteiger partial charge in [0.2, 0.25) is 5.75 Å². The standard InChI is InChI=1S/C29H34N4O8/c1-7-41-29(37)23-16(2)21(17(3)31-23)25(34)22-24(18-13-19(38-4)27(40-6)20(14-18)39-5)33(28(36)26(22)35)11-8-10-32-12-9-30-15-32/h9,12-15,24,31,34H,7-8,10-11H2,1-6H3/b25-22+/t24-/m1/s1. The van der Waals surface area contributed by atoms with Crippen LogP contribution in [0.4, 0.5) is 0 Å². The molecule has 0 spiro atoms. The maximum Gasteiger partial charge on any atom is 0.355 e. The summed E-state index contributed by atoms with van der Waals surface area (Å²) in [6.45, 7) is 5.93. The maximum atomic E-state index is 13.6. The number of benzene rings is 1. The number of hydrogen-bond donors (Lipinski definition) is 2. The Morgan fingerprint density at radius 3 is 2.32 bits per heavy atom. The number of aromatic amines is 1. The van der Waals surface area contributed by atoms with Gasteiger partial charge in [-0.3, -0.25) is 9.59 Å². The molecule has 2 aromatic heterocycles. The van der Waals surface area contributed by atoms with Crippen molar-refractivity contribution in [2.75, 3.05) is 34.5 Å². The number of amides is 1. The van der Waals surface area contributed by atoms with Gasteiger partial charge in [-0.25, -0.2) is 9.78 Å². The van der Waals surface area contributed by atoms with E-state index in [1.165, 1.54) is 26.2 Å². The Balaban J connectivity index is 1.89. The van der Waals surface area contributed by atoms with Crippen molar-refractivity contribution in [1.82, 2.24) is 19.4 Å². The number of aliphatic hydroxyl groups excluding tert-OH is 1. The van der Waals surface area contributed by atoms with Gasteiger partial charge in [0, 0.05) is 36.7 Å². The molecule has 1 atom stereocenters. The van der Waals surface area contributed by atoms with E-state index in [0.29, 0.717) is 47.0 Å². The number of methoxy groups -OCH3 is 3. The third-order valence-corrected chi connectivity index (χ3v) is 7.07. The molecular weight excluding hydrogens is 532 g/mol. The summed E-state index contributed by atoms with van der Waals surface area (Å²) >= 11 is 0. The van der Waals surface area contributed by atoms with E-state index in [0.717, 1.165) is 0 Å². The molecular formula is C29H34N4O8. The molecule has 12 heteroatoms. The van der Waals surface area contributed by atoms with Crippen molar-refractivity contribution < 1.29 is 38.4 Å². The molecule has 0 radical (unpaired) electrons. The van der Waals surface area contributed by atoms with E-state index in [4.69, 9.17) is 18.9 Å². The molecule has 12 nitrogen and oxygen atoms in total. The predicted octanol–water partition coefficient (Wildman–Crippen LogP) is 3.54. The van der Waals surface area contributed by atoms with Crippen molar-refractivity contribution >= 4 is 23.4 Å². The van der Waals surface area contributed by atoms with Gasteiger partial charge in [-0.1, -0.05) is 0 Å². The molecule has 1 saturated heterocycles. The van der Waals surface area contributed by atoms with E-state index in [1.54, 1.807) is 45.4 Å². The minimum Gasteiger partial charge on any atom is -0.507 e. The third-order valence-electron chi connectivity index (χ3n) is 7.07. The average molecular weight is 567 g/mol. The molecule has 3 heterocycles. The number of aromatic nitrogens is 3. The number of nitrogens with zero attached hydrogens (tertiary/aromatic N) is 3. The Kier molecular flexibility index (Phi) is 8.70. The lowest BCUT2D eigenvalue weighted by molar-refractivity contribution is -0.139. The van der Waals surface area contributed by atoms with Crippen molar-refractivity contribution in [3.63, 3.8) is 0 Å². The summed E-state index contributed by atoms with van der Waals surface area (Å²) in [6.07, 6.45) is 5.65. The maximum absolute atomic E-state index is 13.6. The molecule has 3 aromatic rings. The Morgan fingerprint density at radius 1 is 1.07 bits per heavy atom. The second-order valence-electron chi connectivity index (χ2n) is 9.45. The van der Waals surface area contributed by atoms with Crippen LogP contribution in [0.5, 0.6) is 17.2 Å². The first kappa shape index (κ1) is 29.2. The Bertz CT molecular complexity index is 1460. The van der Waals surface area contributed by atoms with Crippen LogP contribution >= 0.6 is 0 Å². The van der Waals surface area contributed by atoms with Crippen molar-refractivity contribution in [3.05, 3.63) is 64.5 Å². The second-order valence-corrected chi connectivity index (χ2v) is 9.45. The molecule has 0 bridgehead atoms. The van der Waals surface area contributed by atoms with E-state index < -0.39 is 29.5 Å². The van der Waals surface area contributed by atoms with E-state index in [1.807, 2.05) is 10.8 Å². The minimum absolute atomic E-state index is 0.118. The number of hydrogen-bond acceptors (Lipinski definition) is 9. The molecule has 1 aliphatic rings. The van der Waals surface area contributed by atoms with Gasteiger partial charge in [-0.2, -0.15) is 0 Å². The summed E-state index contributed by atoms with van der Waals surface area (Å²) in [7, 11) is 4.40. The van der Waals surface area contributed by atoms with Gasteiger partial charge >= 0.3 is 5.97 Å². The van der Waals surface area contributed by atoms with Gasteiger partial charge in [-0.15, -0.1) is 0 Å². The van der Waals surface area contributed by atoms with Crippen LogP contribution in [-0.4, -0.2) is 76.7 Å². The highest BCUT2D eigenvalue weighted by atomic mass is 16.5. The number of H-pyrrole nitrogens is 1. The normalized spacial score (nSPS) is 16.2. The number of esters is 1. The van der Waals surface area contributed by atoms with Crippen molar-refractivity contribution in [3.8, 4) is 17.2 Å². The van der Waals surface area contributed by atoms with Gasteiger partial charge in [0.15, 0.2) is 11.5 Å². The van der Waals surface area contributed by atoms with E-state index >= 15 is 0 Å². The molecule has 0 unspecified atom stereocenters. The fourth-order valence-electron chi connectivity index (χ4n) is 5.21. The third kappa shape index (κ3) is 5.37. The molecule has 0 saturated carbocycles. The second kappa shape index (κ2) is 12.2. The molecule has 1 amide bonds. The van der Waals surface area contributed by atoms with Crippen LogP contribution in [0.2, 0.25) is 0 Å². The number of likely N-dealkylation sites (tertiary alicyclic amines) is 1. The molecule has 41 heavy (non-hydrogen) atoms. The first-order chi connectivity index (χ1) is 19.7. The summed E-state index contributed by atoms with van der Waals surface area (Å²) in [5.74, 6) is -1.61. The fraction of sp³-hybridized carbons (Fsp3) is 0.379. The number of carbonyl (C=O) groups is 3. The van der Waals surface area contributed by atoms with Gasteiger partial charge in [0.05, 0.1) is 45.9 Å². The molecule has 2 N–H and O–H groups in total. The number of imidazole rings is 1. The van der Waals surface area contributed by atoms with Gasteiger partial charge in [-0.05, 0) is 50.5 Å². The molecule has 1 aliphatic heterocycles. The van der Waals surface area contributed by atoms with Gasteiger partial charge in [0.25, 0.3) is 11.7 Å². The van der Waals surface area contributed by atoms with Gasteiger partial charge < -0.3 is 38.5 Å². The van der Waals surface area contributed by atoms with Crippen LogP contribution in [0.25, 0.3) is 5.76 Å². The smallest absolute Gasteiger partial charge is 0.355 e. The average Bonchev–Trinajstić information content (AvgIpc) is 3.65. The van der Waals surface area contributed by atoms with E-state index in [2.05, 4.69) is 9.97 Å². The van der Waals surface area contributed by atoms with Crippen molar-refractivity contribution in [1.29, 1.82) is 0 Å². The highest BCUT2D eigenvalue weighted by Gasteiger charge is 2.47. The quantitative estimate of drug-likeness (QED) is 0.154. The zero-order valence-electron chi connectivity index (χ0n) is 23.9. The molecule has 4 rings (SSSR count). The Morgan fingerprint density at radius 2 is 1.76 bits per heavy atom. The van der Waals surface area contributed by atoms with Gasteiger partial charge in [0.1, 0.15) is 11.5 Å². The molecule has 1 aromatic carbocycles. The summed E-state index contributed by atoms with van der Waals surface area (Å²) in [6, 6.07) is 2.32. The van der Waals surface area contributed by atoms with E-state index in [9.17, 15) is 19.5 Å². The van der Waals surface area contributed by atoms with Crippen LogP contribution in [0.1, 0.15) is 52.3 Å². The van der Waals surface area contributed by atoms with Crippen LogP contribution in [0, 0.1) is 13.8 Å². The zero-order chi connectivity index (χ0) is 29.8. The number of nitrogens with one attached hydrogen (secondary N) is 1. The van der Waals surface area contributed by atoms with Crippen LogP contribution in [-0.2, 0) is 20.9 Å². The number of aliphatic hydroxyl groups is 1. The fourth-order valence-corrected chi connectivity index (χ4v) is 5.21.